The first-order chi connectivity index (χ1) is 16.5. The highest BCUT2D eigenvalue weighted by atomic mass is 32.2. The summed E-state index contributed by atoms with van der Waals surface area (Å²) in [4.78, 5) is 30.3. The number of halogens is 2. The molecule has 170 valence electrons. The molecule has 10 heteroatoms. The molecule has 0 fully saturated rings. The van der Waals surface area contributed by atoms with Crippen molar-refractivity contribution in [1.82, 2.24) is 9.55 Å². The molecule has 1 N–H and O–H groups in total. The van der Waals surface area contributed by atoms with Crippen LogP contribution >= 0.6 is 11.8 Å². The van der Waals surface area contributed by atoms with Gasteiger partial charge in [-0.1, -0.05) is 36.0 Å². The van der Waals surface area contributed by atoms with Crippen LogP contribution in [0.4, 0.5) is 14.5 Å². The maximum Gasteiger partial charge on any atom is 0.387 e. The Kier molecular flexibility index (Phi) is 6.85. The van der Waals surface area contributed by atoms with Gasteiger partial charge in [0.2, 0.25) is 5.91 Å². The zero-order chi connectivity index (χ0) is 24.1. The van der Waals surface area contributed by atoms with Crippen molar-refractivity contribution < 1.29 is 18.3 Å². The highest BCUT2D eigenvalue weighted by molar-refractivity contribution is 7.99. The third kappa shape index (κ3) is 5.05. The summed E-state index contributed by atoms with van der Waals surface area (Å²) in [5, 5.41) is 12.5. The summed E-state index contributed by atoms with van der Waals surface area (Å²) in [5.74, 6) is -0.524. The van der Waals surface area contributed by atoms with Crippen LogP contribution in [-0.4, -0.2) is 27.8 Å². The van der Waals surface area contributed by atoms with E-state index in [0.29, 0.717) is 27.8 Å². The van der Waals surface area contributed by atoms with E-state index in [4.69, 9.17) is 0 Å². The quantitative estimate of drug-likeness (QED) is 0.308. The van der Waals surface area contributed by atoms with Gasteiger partial charge in [0.25, 0.3) is 5.56 Å². The second-order valence-corrected chi connectivity index (χ2v) is 7.86. The molecular weight excluding hydrogens is 462 g/mol. The third-order valence-electron chi connectivity index (χ3n) is 4.72. The summed E-state index contributed by atoms with van der Waals surface area (Å²) >= 11 is 1.03. The third-order valence-corrected chi connectivity index (χ3v) is 5.66. The molecule has 7 nitrogen and oxygen atoms in total. The molecule has 0 saturated carbocycles. The van der Waals surface area contributed by atoms with E-state index in [1.54, 1.807) is 48.5 Å². The highest BCUT2D eigenvalue weighted by Gasteiger charge is 2.16. The largest absolute Gasteiger partial charge is 0.435 e. The Morgan fingerprint density at radius 1 is 1.09 bits per heavy atom. The maximum absolute atomic E-state index is 13.3. The zero-order valence-corrected chi connectivity index (χ0v) is 18.3. The molecule has 0 spiro atoms. The predicted octanol–water partition coefficient (Wildman–Crippen LogP) is 4.59. The topological polar surface area (TPSA) is 97.0 Å². The van der Waals surface area contributed by atoms with Gasteiger partial charge in [0.1, 0.15) is 11.8 Å². The Morgan fingerprint density at radius 3 is 2.53 bits per heavy atom. The number of nitriles is 1. The van der Waals surface area contributed by atoms with Crippen LogP contribution in [0.5, 0.6) is 5.75 Å². The van der Waals surface area contributed by atoms with Crippen LogP contribution in [0.3, 0.4) is 0 Å². The fourth-order valence-corrected chi connectivity index (χ4v) is 4.03. The number of anilines is 1. The molecule has 0 unspecified atom stereocenters. The van der Waals surface area contributed by atoms with Crippen molar-refractivity contribution in [3.8, 4) is 17.5 Å². The Balaban J connectivity index is 1.65. The average Bonchev–Trinajstić information content (AvgIpc) is 2.83. The molecule has 0 aliphatic carbocycles. The standard InChI is InChI=1S/C24H16F2N4O3S/c25-23(26)33-17-11-9-16(10-12-17)30-22(32)18-6-2-4-8-20(18)29-24(30)34-14-21(31)28-19-7-3-1-5-15(19)13-27/h1-12,23H,14H2,(H,28,31). The lowest BCUT2D eigenvalue weighted by Crippen LogP contribution is -2.23. The van der Waals surface area contributed by atoms with E-state index in [0.717, 1.165) is 11.8 Å². The van der Waals surface area contributed by atoms with Gasteiger partial charge < -0.3 is 10.1 Å². The Morgan fingerprint density at radius 2 is 1.79 bits per heavy atom. The van der Waals surface area contributed by atoms with E-state index in [1.807, 2.05) is 6.07 Å². The predicted molar refractivity (Wildman–Crippen MR) is 124 cm³/mol. The number of hydrogen-bond donors (Lipinski definition) is 1. The zero-order valence-electron chi connectivity index (χ0n) is 17.4. The summed E-state index contributed by atoms with van der Waals surface area (Å²) < 4.78 is 30.6. The number of nitrogens with zero attached hydrogens (tertiary/aromatic N) is 3. The average molecular weight is 478 g/mol. The van der Waals surface area contributed by atoms with E-state index in [1.165, 1.54) is 28.8 Å². The van der Waals surface area contributed by atoms with E-state index < -0.39 is 6.61 Å². The number of amides is 1. The molecule has 4 rings (SSSR count). The summed E-state index contributed by atoms with van der Waals surface area (Å²) in [6.45, 7) is -2.97. The fourth-order valence-electron chi connectivity index (χ4n) is 3.22. The number of hydrogen-bond acceptors (Lipinski definition) is 6. The van der Waals surface area contributed by atoms with Crippen molar-refractivity contribution in [3.63, 3.8) is 0 Å². The number of rotatable bonds is 7. The van der Waals surface area contributed by atoms with Crippen molar-refractivity contribution >= 4 is 34.3 Å². The smallest absolute Gasteiger partial charge is 0.387 e. The molecule has 1 heterocycles. The second kappa shape index (κ2) is 10.1. The SMILES string of the molecule is N#Cc1ccccc1NC(=O)CSc1nc2ccccc2c(=O)n1-c1ccc(OC(F)F)cc1. The van der Waals surface area contributed by atoms with E-state index in [2.05, 4.69) is 15.0 Å². The molecule has 0 aliphatic heterocycles. The van der Waals surface area contributed by atoms with Crippen LogP contribution in [-0.2, 0) is 4.79 Å². The van der Waals surface area contributed by atoms with Crippen LogP contribution in [0.1, 0.15) is 5.56 Å². The minimum absolute atomic E-state index is 0.0507. The lowest BCUT2D eigenvalue weighted by Gasteiger charge is -2.14. The molecule has 3 aromatic carbocycles. The van der Waals surface area contributed by atoms with Gasteiger partial charge in [-0.05, 0) is 48.5 Å². The molecular formula is C24H16F2N4O3S. The van der Waals surface area contributed by atoms with Crippen LogP contribution < -0.4 is 15.6 Å². The van der Waals surface area contributed by atoms with E-state index in [9.17, 15) is 23.6 Å². The lowest BCUT2D eigenvalue weighted by atomic mass is 10.2. The number of alkyl halides is 2. The maximum atomic E-state index is 13.3. The minimum atomic E-state index is -2.97. The van der Waals surface area contributed by atoms with Crippen LogP contribution in [0.2, 0.25) is 0 Å². The van der Waals surface area contributed by atoms with Crippen LogP contribution in [0, 0.1) is 11.3 Å². The van der Waals surface area contributed by atoms with Crippen molar-refractivity contribution in [2.45, 2.75) is 11.8 Å². The number of ether oxygens (including phenoxy) is 1. The first kappa shape index (κ1) is 22.9. The highest BCUT2D eigenvalue weighted by Crippen LogP contribution is 2.24. The van der Waals surface area contributed by atoms with E-state index >= 15 is 0 Å². The number of fused-ring (bicyclic) bond motifs is 1. The summed E-state index contributed by atoms with van der Waals surface area (Å²) in [6.07, 6.45) is 0. The number of benzene rings is 3. The van der Waals surface area contributed by atoms with Gasteiger partial charge >= 0.3 is 6.61 Å². The van der Waals surface area contributed by atoms with Gasteiger partial charge in [-0.15, -0.1) is 0 Å². The molecule has 0 aliphatic rings. The molecule has 1 amide bonds. The molecule has 0 radical (unpaired) electrons. The molecule has 0 bridgehead atoms. The molecule has 0 atom stereocenters. The lowest BCUT2D eigenvalue weighted by molar-refractivity contribution is -0.113. The van der Waals surface area contributed by atoms with E-state index in [-0.39, 0.29) is 28.1 Å². The Bertz CT molecular complexity index is 1450. The fraction of sp³-hybridized carbons (Fsp3) is 0.0833. The van der Waals surface area contributed by atoms with Crippen LogP contribution in [0.25, 0.3) is 16.6 Å². The van der Waals surface area contributed by atoms with Crippen LogP contribution in [0.15, 0.2) is 82.7 Å². The van der Waals surface area contributed by atoms with Gasteiger partial charge in [0.05, 0.1) is 33.6 Å². The summed E-state index contributed by atoms with van der Waals surface area (Å²) in [5.41, 5.74) is 1.18. The van der Waals surface area contributed by atoms with Gasteiger partial charge in [-0.25, -0.2) is 4.98 Å². The molecule has 4 aromatic rings. The number of aromatic nitrogens is 2. The molecule has 0 saturated heterocycles. The number of carbonyl (C=O) groups is 1. The number of para-hydroxylation sites is 2. The van der Waals surface area contributed by atoms with Crippen molar-refractivity contribution in [2.24, 2.45) is 0 Å². The van der Waals surface area contributed by atoms with Gasteiger partial charge in [0, 0.05) is 0 Å². The van der Waals surface area contributed by atoms with Crippen molar-refractivity contribution in [3.05, 3.63) is 88.7 Å². The first-order valence-corrected chi connectivity index (χ1v) is 10.9. The molecule has 34 heavy (non-hydrogen) atoms. The minimum Gasteiger partial charge on any atom is -0.435 e. The van der Waals surface area contributed by atoms with Gasteiger partial charge in [0.15, 0.2) is 5.16 Å². The monoisotopic (exact) mass is 478 g/mol. The number of nitrogens with one attached hydrogen (secondary N) is 1. The molecule has 1 aromatic heterocycles. The van der Waals surface area contributed by atoms with Crippen molar-refractivity contribution in [2.75, 3.05) is 11.1 Å². The summed E-state index contributed by atoms with van der Waals surface area (Å²) in [7, 11) is 0. The summed E-state index contributed by atoms with van der Waals surface area (Å²) in [6, 6.07) is 21.0. The number of thioether (sulfide) groups is 1. The normalized spacial score (nSPS) is 10.8. The van der Waals surface area contributed by atoms with Gasteiger partial charge in [-0.3, -0.25) is 14.2 Å². The number of carbonyl (C=O) groups excluding carboxylic acids is 1. The van der Waals surface area contributed by atoms with Crippen molar-refractivity contribution in [1.29, 1.82) is 5.26 Å². The first-order valence-electron chi connectivity index (χ1n) is 9.95. The Hall–Kier alpha value is -4.23. The second-order valence-electron chi connectivity index (χ2n) is 6.92. The van der Waals surface area contributed by atoms with Gasteiger partial charge in [-0.2, -0.15) is 14.0 Å². The Labute approximate surface area is 196 Å².